The van der Waals surface area contributed by atoms with Crippen LogP contribution in [0.15, 0.2) is 42.5 Å². The Morgan fingerprint density at radius 2 is 1.62 bits per heavy atom. The van der Waals surface area contributed by atoms with Gasteiger partial charge in [-0.1, -0.05) is 13.8 Å². The number of halogens is 1. The first-order valence-corrected chi connectivity index (χ1v) is 7.32. The van der Waals surface area contributed by atoms with Crippen LogP contribution in [0.4, 0.5) is 15.8 Å². The van der Waals surface area contributed by atoms with Gasteiger partial charge < -0.3 is 10.6 Å². The van der Waals surface area contributed by atoms with Gasteiger partial charge >= 0.3 is 0 Å². The lowest BCUT2D eigenvalue weighted by molar-refractivity contribution is -0.118. The molecule has 5 nitrogen and oxygen atoms in total. The number of anilines is 2. The molecule has 0 aliphatic rings. The van der Waals surface area contributed by atoms with Crippen molar-refractivity contribution in [2.45, 2.75) is 13.8 Å². The molecular weight excluding hydrogens is 309 g/mol. The van der Waals surface area contributed by atoms with E-state index in [1.807, 2.05) is 6.07 Å². The summed E-state index contributed by atoms with van der Waals surface area (Å²) in [5.41, 5.74) is 1.07. The summed E-state index contributed by atoms with van der Waals surface area (Å²) < 4.78 is 13.8. The van der Waals surface area contributed by atoms with Crippen molar-refractivity contribution in [3.63, 3.8) is 0 Å². The van der Waals surface area contributed by atoms with Gasteiger partial charge in [0.05, 0.1) is 17.2 Å². The summed E-state index contributed by atoms with van der Waals surface area (Å²) in [5, 5.41) is 14.0. The van der Waals surface area contributed by atoms with Crippen molar-refractivity contribution in [2.24, 2.45) is 5.92 Å². The van der Waals surface area contributed by atoms with Crippen molar-refractivity contribution in [1.29, 1.82) is 5.26 Å². The summed E-state index contributed by atoms with van der Waals surface area (Å²) >= 11 is 0. The number of carbonyl (C=O) groups is 2. The molecular formula is C18H16FN3O2. The second-order valence-electron chi connectivity index (χ2n) is 5.48. The Morgan fingerprint density at radius 1 is 1.04 bits per heavy atom. The predicted molar refractivity (Wildman–Crippen MR) is 89.0 cm³/mol. The van der Waals surface area contributed by atoms with Gasteiger partial charge in [0.15, 0.2) is 0 Å². The van der Waals surface area contributed by atoms with Gasteiger partial charge in [0.2, 0.25) is 5.91 Å². The van der Waals surface area contributed by atoms with E-state index >= 15 is 0 Å². The van der Waals surface area contributed by atoms with Crippen LogP contribution in [0.5, 0.6) is 0 Å². The Kier molecular flexibility index (Phi) is 5.27. The highest BCUT2D eigenvalue weighted by Gasteiger charge is 2.13. The van der Waals surface area contributed by atoms with E-state index in [1.54, 1.807) is 38.1 Å². The Bertz CT molecular complexity index is 808. The molecule has 0 unspecified atom stereocenters. The van der Waals surface area contributed by atoms with Crippen molar-refractivity contribution in [1.82, 2.24) is 0 Å². The average Bonchev–Trinajstić information content (AvgIpc) is 2.56. The quantitative estimate of drug-likeness (QED) is 0.902. The number of nitrogens with one attached hydrogen (secondary N) is 2. The second kappa shape index (κ2) is 7.38. The minimum Gasteiger partial charge on any atom is -0.326 e. The number of benzene rings is 2. The lowest BCUT2D eigenvalue weighted by Gasteiger charge is -2.09. The first kappa shape index (κ1) is 17.2. The molecule has 0 bridgehead atoms. The molecule has 2 aromatic rings. The molecule has 0 saturated heterocycles. The lowest BCUT2D eigenvalue weighted by atomic mass is 10.1. The van der Waals surface area contributed by atoms with E-state index in [9.17, 15) is 14.0 Å². The highest BCUT2D eigenvalue weighted by atomic mass is 19.1. The van der Waals surface area contributed by atoms with Gasteiger partial charge in [0, 0.05) is 17.3 Å². The normalized spacial score (nSPS) is 10.1. The molecule has 0 saturated carbocycles. The summed E-state index contributed by atoms with van der Waals surface area (Å²) in [5.74, 6) is -1.61. The zero-order valence-corrected chi connectivity index (χ0v) is 13.3. The van der Waals surface area contributed by atoms with E-state index in [2.05, 4.69) is 10.6 Å². The smallest absolute Gasteiger partial charge is 0.258 e. The fourth-order valence-corrected chi connectivity index (χ4v) is 1.89. The van der Waals surface area contributed by atoms with Crippen LogP contribution in [-0.2, 0) is 4.79 Å². The fraction of sp³-hybridized carbons (Fsp3) is 0.167. The molecule has 122 valence electrons. The van der Waals surface area contributed by atoms with Gasteiger partial charge in [-0.25, -0.2) is 4.39 Å². The Hall–Kier alpha value is -3.20. The monoisotopic (exact) mass is 325 g/mol. The number of rotatable bonds is 4. The van der Waals surface area contributed by atoms with Crippen LogP contribution in [0, 0.1) is 23.1 Å². The molecule has 0 fully saturated rings. The predicted octanol–water partition coefficient (Wildman–Crippen LogP) is 3.54. The highest BCUT2D eigenvalue weighted by molar-refractivity contribution is 6.04. The number of nitrogens with zero attached hydrogens (tertiary/aromatic N) is 1. The molecule has 2 amide bonds. The highest BCUT2D eigenvalue weighted by Crippen LogP contribution is 2.17. The third kappa shape index (κ3) is 4.17. The molecule has 0 radical (unpaired) electrons. The van der Waals surface area contributed by atoms with Crippen LogP contribution >= 0.6 is 0 Å². The second-order valence-corrected chi connectivity index (χ2v) is 5.48. The SMILES string of the molecule is CC(C)C(=O)Nc1ccc(NC(=O)c2ccc(C#N)cc2F)cc1. The first-order chi connectivity index (χ1) is 11.4. The third-order valence-corrected chi connectivity index (χ3v) is 3.28. The zero-order chi connectivity index (χ0) is 17.7. The Morgan fingerprint density at radius 3 is 2.12 bits per heavy atom. The van der Waals surface area contributed by atoms with Gasteiger partial charge in [-0.3, -0.25) is 9.59 Å². The summed E-state index contributed by atoms with van der Waals surface area (Å²) in [7, 11) is 0. The maximum Gasteiger partial charge on any atom is 0.258 e. The standard InChI is InChI=1S/C18H16FN3O2/c1-11(2)17(23)21-13-4-6-14(7-5-13)22-18(24)15-8-3-12(10-20)9-16(15)19/h3-9,11H,1-2H3,(H,21,23)(H,22,24). The van der Waals surface area contributed by atoms with E-state index in [4.69, 9.17) is 5.26 Å². The fourth-order valence-electron chi connectivity index (χ4n) is 1.89. The van der Waals surface area contributed by atoms with Crippen LogP contribution in [-0.4, -0.2) is 11.8 Å². The van der Waals surface area contributed by atoms with Crippen molar-refractivity contribution >= 4 is 23.2 Å². The van der Waals surface area contributed by atoms with Crippen molar-refractivity contribution < 1.29 is 14.0 Å². The van der Waals surface area contributed by atoms with Gasteiger partial charge in [0.1, 0.15) is 5.82 Å². The molecule has 2 rings (SSSR count). The topological polar surface area (TPSA) is 82.0 Å². The summed E-state index contributed by atoms with van der Waals surface area (Å²) in [6.07, 6.45) is 0. The van der Waals surface area contributed by atoms with Crippen LogP contribution in [0.3, 0.4) is 0 Å². The summed E-state index contributed by atoms with van der Waals surface area (Å²) in [6, 6.07) is 12.0. The van der Waals surface area contributed by atoms with Crippen molar-refractivity contribution in [2.75, 3.05) is 10.6 Å². The summed E-state index contributed by atoms with van der Waals surface area (Å²) in [6.45, 7) is 3.58. The summed E-state index contributed by atoms with van der Waals surface area (Å²) in [4.78, 5) is 23.7. The molecule has 0 spiro atoms. The van der Waals surface area contributed by atoms with Crippen molar-refractivity contribution in [3.05, 3.63) is 59.4 Å². The van der Waals surface area contributed by atoms with Gasteiger partial charge in [-0.15, -0.1) is 0 Å². The Balaban J connectivity index is 2.07. The number of hydrogen-bond acceptors (Lipinski definition) is 3. The average molecular weight is 325 g/mol. The number of hydrogen-bond donors (Lipinski definition) is 2. The van der Waals surface area contributed by atoms with E-state index in [0.717, 1.165) is 6.07 Å². The maximum atomic E-state index is 13.8. The van der Waals surface area contributed by atoms with E-state index in [1.165, 1.54) is 12.1 Å². The van der Waals surface area contributed by atoms with Crippen LogP contribution in [0.1, 0.15) is 29.8 Å². The third-order valence-electron chi connectivity index (χ3n) is 3.28. The molecule has 2 N–H and O–H groups in total. The largest absolute Gasteiger partial charge is 0.326 e. The molecule has 0 aromatic heterocycles. The number of amides is 2. The van der Waals surface area contributed by atoms with Crippen LogP contribution in [0.25, 0.3) is 0 Å². The molecule has 2 aromatic carbocycles. The van der Waals surface area contributed by atoms with Crippen LogP contribution < -0.4 is 10.6 Å². The molecule has 0 aliphatic carbocycles. The minimum absolute atomic E-state index is 0.105. The molecule has 6 heteroatoms. The molecule has 24 heavy (non-hydrogen) atoms. The lowest BCUT2D eigenvalue weighted by Crippen LogP contribution is -2.17. The molecule has 0 heterocycles. The van der Waals surface area contributed by atoms with Gasteiger partial charge in [-0.05, 0) is 42.5 Å². The van der Waals surface area contributed by atoms with E-state index in [0.29, 0.717) is 11.4 Å². The van der Waals surface area contributed by atoms with Crippen LogP contribution in [0.2, 0.25) is 0 Å². The van der Waals surface area contributed by atoms with E-state index in [-0.39, 0.29) is 23.0 Å². The zero-order valence-electron chi connectivity index (χ0n) is 13.3. The van der Waals surface area contributed by atoms with Gasteiger partial charge in [-0.2, -0.15) is 5.26 Å². The minimum atomic E-state index is -0.757. The van der Waals surface area contributed by atoms with Crippen molar-refractivity contribution in [3.8, 4) is 6.07 Å². The maximum absolute atomic E-state index is 13.8. The first-order valence-electron chi connectivity index (χ1n) is 7.32. The number of nitriles is 1. The van der Waals surface area contributed by atoms with Gasteiger partial charge in [0.25, 0.3) is 5.91 Å². The van der Waals surface area contributed by atoms with E-state index < -0.39 is 11.7 Å². The molecule has 0 atom stereocenters. The Labute approximate surface area is 139 Å². The molecule has 0 aliphatic heterocycles. The number of carbonyl (C=O) groups excluding carboxylic acids is 2.